The smallest absolute Gasteiger partial charge is 0.277 e. The van der Waals surface area contributed by atoms with Crippen molar-refractivity contribution >= 4 is 33.0 Å². The number of pyridine rings is 1. The average molecular weight is 304 g/mol. The molecule has 3 heterocycles. The van der Waals surface area contributed by atoms with E-state index in [1.165, 1.54) is 17.8 Å². The molecule has 2 aromatic rings. The minimum Gasteiger partial charge on any atom is -0.397 e. The lowest BCUT2D eigenvalue weighted by atomic mass is 10.00. The Hall–Kier alpha value is -1.66. The van der Waals surface area contributed by atoms with Gasteiger partial charge in [0.2, 0.25) is 0 Å². The molecule has 1 aliphatic rings. The van der Waals surface area contributed by atoms with Crippen LogP contribution in [0.5, 0.6) is 0 Å². The number of aromatic nitrogens is 1. The highest BCUT2D eigenvalue weighted by atomic mass is 32.1. The van der Waals surface area contributed by atoms with Gasteiger partial charge >= 0.3 is 0 Å². The van der Waals surface area contributed by atoms with Crippen LogP contribution in [-0.4, -0.2) is 28.0 Å². The van der Waals surface area contributed by atoms with Crippen molar-refractivity contribution < 1.29 is 4.79 Å². The summed E-state index contributed by atoms with van der Waals surface area (Å²) in [5, 5.41) is 2.97. The molecule has 2 unspecified atom stereocenters. The number of anilines is 1. The van der Waals surface area contributed by atoms with Crippen LogP contribution in [-0.2, 0) is 0 Å². The van der Waals surface area contributed by atoms with E-state index in [1.54, 1.807) is 12.4 Å². The summed E-state index contributed by atoms with van der Waals surface area (Å²) in [6.07, 6.45) is 6.87. The van der Waals surface area contributed by atoms with Crippen LogP contribution in [0.4, 0.5) is 5.69 Å². The molecule has 6 heteroatoms. The summed E-state index contributed by atoms with van der Waals surface area (Å²) >= 11 is 1.40. The van der Waals surface area contributed by atoms with E-state index in [4.69, 9.17) is 5.73 Å². The first kappa shape index (κ1) is 14.3. The van der Waals surface area contributed by atoms with E-state index in [0.717, 1.165) is 22.9 Å². The number of amides is 1. The molecule has 5 nitrogen and oxygen atoms in total. The second kappa shape index (κ2) is 5.61. The molecule has 0 aromatic carbocycles. The predicted molar refractivity (Wildman–Crippen MR) is 86.1 cm³/mol. The number of nitrogen functional groups attached to an aromatic ring is 1. The third kappa shape index (κ3) is 2.61. The lowest BCUT2D eigenvalue weighted by Gasteiger charge is -2.38. The van der Waals surface area contributed by atoms with Gasteiger partial charge in [-0.05, 0) is 32.8 Å². The molecule has 2 aromatic heterocycles. The number of nitrogens with zero attached hydrogens (tertiary/aromatic N) is 2. The number of carbonyl (C=O) groups is 1. The van der Waals surface area contributed by atoms with Gasteiger partial charge in [0, 0.05) is 29.9 Å². The molecule has 0 spiro atoms. The zero-order chi connectivity index (χ0) is 15.0. The number of hydrogen-bond donors (Lipinski definition) is 2. The summed E-state index contributed by atoms with van der Waals surface area (Å²) < 4.78 is 0.944. The largest absolute Gasteiger partial charge is 0.397 e. The minimum atomic E-state index is -0.116. The normalized spacial score (nSPS) is 23.3. The molecular weight excluding hydrogens is 284 g/mol. The first-order valence-electron chi connectivity index (χ1n) is 7.29. The summed E-state index contributed by atoms with van der Waals surface area (Å²) in [7, 11) is 0. The summed E-state index contributed by atoms with van der Waals surface area (Å²) in [5.74, 6) is -0.116. The van der Waals surface area contributed by atoms with Gasteiger partial charge in [0.1, 0.15) is 4.88 Å². The van der Waals surface area contributed by atoms with Crippen molar-refractivity contribution in [3.8, 4) is 0 Å². The first-order chi connectivity index (χ1) is 10.1. The van der Waals surface area contributed by atoms with Gasteiger partial charge in [0.25, 0.3) is 5.91 Å². The highest BCUT2D eigenvalue weighted by molar-refractivity contribution is 7.21. The standard InChI is InChI=1S/C15H20N4OS/c1-9-4-3-5-10(2)19(9)18-15(20)14-13(16)11-6-7-17-8-12(11)21-14/h6-10H,3-5,16H2,1-2H3,(H,18,20). The van der Waals surface area contributed by atoms with Gasteiger partial charge in [-0.1, -0.05) is 6.42 Å². The molecule has 1 fully saturated rings. The number of carbonyl (C=O) groups excluding carboxylic acids is 1. The summed E-state index contributed by atoms with van der Waals surface area (Å²) in [4.78, 5) is 17.2. The molecule has 0 aliphatic carbocycles. The van der Waals surface area contributed by atoms with Crippen LogP contribution in [0.15, 0.2) is 18.5 Å². The number of nitrogens with one attached hydrogen (secondary N) is 1. The Morgan fingerprint density at radius 1 is 1.43 bits per heavy atom. The first-order valence-corrected chi connectivity index (χ1v) is 8.11. The lowest BCUT2D eigenvalue weighted by Crippen LogP contribution is -2.54. The van der Waals surface area contributed by atoms with E-state index >= 15 is 0 Å². The molecule has 112 valence electrons. The zero-order valence-electron chi connectivity index (χ0n) is 12.3. The fourth-order valence-corrected chi connectivity index (χ4v) is 3.93. The molecule has 1 saturated heterocycles. The van der Waals surface area contributed by atoms with Crippen molar-refractivity contribution in [2.45, 2.75) is 45.2 Å². The molecule has 0 bridgehead atoms. The van der Waals surface area contributed by atoms with Crippen molar-refractivity contribution in [2.24, 2.45) is 0 Å². The number of hydrogen-bond acceptors (Lipinski definition) is 5. The Labute approximate surface area is 128 Å². The molecule has 0 radical (unpaired) electrons. The van der Waals surface area contributed by atoms with E-state index < -0.39 is 0 Å². The SMILES string of the molecule is CC1CCCC(C)N1NC(=O)c1sc2cnccc2c1N. The number of rotatable bonds is 2. The second-order valence-corrected chi connectivity index (χ2v) is 6.75. The maximum absolute atomic E-state index is 12.6. The summed E-state index contributed by atoms with van der Waals surface area (Å²) in [5.41, 5.74) is 9.71. The van der Waals surface area contributed by atoms with Gasteiger partial charge < -0.3 is 5.73 Å². The second-order valence-electron chi connectivity index (χ2n) is 5.69. The van der Waals surface area contributed by atoms with Crippen molar-refractivity contribution in [1.29, 1.82) is 0 Å². The number of fused-ring (bicyclic) bond motifs is 1. The van der Waals surface area contributed by atoms with Crippen LogP contribution >= 0.6 is 11.3 Å². The molecule has 1 amide bonds. The maximum atomic E-state index is 12.6. The Morgan fingerprint density at radius 2 is 2.14 bits per heavy atom. The van der Waals surface area contributed by atoms with Crippen LogP contribution in [0, 0.1) is 0 Å². The number of hydrazine groups is 1. The van der Waals surface area contributed by atoms with Crippen molar-refractivity contribution in [3.05, 3.63) is 23.3 Å². The highest BCUT2D eigenvalue weighted by Crippen LogP contribution is 2.33. The average Bonchev–Trinajstić information content (AvgIpc) is 2.81. The van der Waals surface area contributed by atoms with Gasteiger partial charge in [0.05, 0.1) is 10.4 Å². The Balaban J connectivity index is 1.85. The Morgan fingerprint density at radius 3 is 2.81 bits per heavy atom. The van der Waals surface area contributed by atoms with Crippen molar-refractivity contribution in [3.63, 3.8) is 0 Å². The third-order valence-corrected chi connectivity index (χ3v) is 5.32. The lowest BCUT2D eigenvalue weighted by molar-refractivity contribution is 0.0373. The van der Waals surface area contributed by atoms with Gasteiger partial charge in [-0.15, -0.1) is 11.3 Å². The molecule has 1 aliphatic heterocycles. The van der Waals surface area contributed by atoms with Crippen molar-refractivity contribution in [1.82, 2.24) is 15.4 Å². The zero-order valence-corrected chi connectivity index (χ0v) is 13.1. The van der Waals surface area contributed by atoms with E-state index in [1.807, 2.05) is 6.07 Å². The van der Waals surface area contributed by atoms with E-state index in [2.05, 4.69) is 29.3 Å². The van der Waals surface area contributed by atoms with Crippen LogP contribution < -0.4 is 11.2 Å². The number of thiophene rings is 1. The van der Waals surface area contributed by atoms with Crippen LogP contribution in [0.1, 0.15) is 42.8 Å². The van der Waals surface area contributed by atoms with Gasteiger partial charge in [-0.25, -0.2) is 5.01 Å². The van der Waals surface area contributed by atoms with Gasteiger partial charge in [-0.2, -0.15) is 0 Å². The molecular formula is C15H20N4OS. The fraction of sp³-hybridized carbons (Fsp3) is 0.467. The Kier molecular flexibility index (Phi) is 3.82. The molecule has 0 saturated carbocycles. The topological polar surface area (TPSA) is 71.2 Å². The number of piperidine rings is 1. The maximum Gasteiger partial charge on any atom is 0.277 e. The van der Waals surface area contributed by atoms with E-state index in [0.29, 0.717) is 22.6 Å². The molecule has 2 atom stereocenters. The highest BCUT2D eigenvalue weighted by Gasteiger charge is 2.27. The van der Waals surface area contributed by atoms with E-state index in [9.17, 15) is 4.79 Å². The van der Waals surface area contributed by atoms with E-state index in [-0.39, 0.29) is 5.91 Å². The molecule has 3 rings (SSSR count). The van der Waals surface area contributed by atoms with Crippen molar-refractivity contribution in [2.75, 3.05) is 5.73 Å². The summed E-state index contributed by atoms with van der Waals surface area (Å²) in [6.45, 7) is 4.29. The van der Waals surface area contributed by atoms with Crippen LogP contribution in [0.25, 0.3) is 10.1 Å². The molecule has 3 N–H and O–H groups in total. The molecule has 21 heavy (non-hydrogen) atoms. The monoisotopic (exact) mass is 304 g/mol. The van der Waals surface area contributed by atoms with Crippen LogP contribution in [0.2, 0.25) is 0 Å². The van der Waals surface area contributed by atoms with Crippen LogP contribution in [0.3, 0.4) is 0 Å². The minimum absolute atomic E-state index is 0.116. The van der Waals surface area contributed by atoms with Gasteiger partial charge in [0.15, 0.2) is 0 Å². The quantitative estimate of drug-likeness (QED) is 0.895. The summed E-state index contributed by atoms with van der Waals surface area (Å²) in [6, 6.07) is 2.56. The number of nitrogens with two attached hydrogens (primary N) is 1. The van der Waals surface area contributed by atoms with Gasteiger partial charge in [-0.3, -0.25) is 15.2 Å². The Bertz CT molecular complexity index is 659. The third-order valence-electron chi connectivity index (χ3n) is 4.16. The predicted octanol–water partition coefficient (Wildman–Crippen LogP) is 2.79. The fourth-order valence-electron chi connectivity index (χ4n) is 2.95.